The zero-order chi connectivity index (χ0) is 20.1. The summed E-state index contributed by atoms with van der Waals surface area (Å²) < 4.78 is 17.9. The molecule has 0 aliphatic heterocycles. The molecule has 3 rings (SSSR count). The molecule has 3 aromatic rings. The van der Waals surface area contributed by atoms with Crippen LogP contribution in [0.5, 0.6) is 17.2 Å². The minimum atomic E-state index is -0.276. The summed E-state index contributed by atoms with van der Waals surface area (Å²) in [5, 5.41) is 7.18. The predicted molar refractivity (Wildman–Crippen MR) is 106 cm³/mol. The Hall–Kier alpha value is -3.48. The normalized spacial score (nSPS) is 10.4. The average molecular weight is 381 g/mol. The van der Waals surface area contributed by atoms with Crippen LogP contribution in [0.1, 0.15) is 21.6 Å². The zero-order valence-electron chi connectivity index (χ0n) is 16.4. The highest BCUT2D eigenvalue weighted by molar-refractivity contribution is 6.03. The maximum Gasteiger partial charge on any atom is 0.276 e. The van der Waals surface area contributed by atoms with Crippen molar-refractivity contribution >= 4 is 11.6 Å². The van der Waals surface area contributed by atoms with Crippen molar-refractivity contribution < 1.29 is 19.0 Å². The Balaban J connectivity index is 1.69. The van der Waals surface area contributed by atoms with Crippen molar-refractivity contribution in [3.05, 3.63) is 65.5 Å². The second-order valence-electron chi connectivity index (χ2n) is 6.28. The Bertz CT molecular complexity index is 959. The Morgan fingerprint density at radius 1 is 1.07 bits per heavy atom. The maximum absolute atomic E-state index is 12.5. The van der Waals surface area contributed by atoms with E-state index in [0.29, 0.717) is 22.9 Å². The smallest absolute Gasteiger partial charge is 0.276 e. The molecule has 146 valence electrons. The summed E-state index contributed by atoms with van der Waals surface area (Å²) in [7, 11) is 3.12. The van der Waals surface area contributed by atoms with Gasteiger partial charge in [-0.1, -0.05) is 18.2 Å². The van der Waals surface area contributed by atoms with E-state index in [2.05, 4.69) is 10.4 Å². The maximum atomic E-state index is 12.5. The van der Waals surface area contributed by atoms with Gasteiger partial charge in [0, 0.05) is 11.9 Å². The van der Waals surface area contributed by atoms with Gasteiger partial charge in [0.1, 0.15) is 0 Å². The molecule has 0 saturated carbocycles. The van der Waals surface area contributed by atoms with Crippen LogP contribution < -0.4 is 19.5 Å². The van der Waals surface area contributed by atoms with Crippen molar-refractivity contribution in [1.82, 2.24) is 9.78 Å². The second-order valence-corrected chi connectivity index (χ2v) is 6.28. The molecule has 0 saturated heterocycles. The van der Waals surface area contributed by atoms with Crippen LogP contribution in [0, 0.1) is 13.8 Å². The first-order valence-corrected chi connectivity index (χ1v) is 8.77. The summed E-state index contributed by atoms with van der Waals surface area (Å²) in [5.74, 6) is 1.31. The van der Waals surface area contributed by atoms with Crippen LogP contribution in [0.2, 0.25) is 0 Å². The molecular weight excluding hydrogens is 358 g/mol. The summed E-state index contributed by atoms with van der Waals surface area (Å²) in [6, 6.07) is 12.9. The largest absolute Gasteiger partial charge is 0.493 e. The SMILES string of the molecule is COc1cccc(OC)c1OCn1ccc(C(=O)Nc2cc(C)ccc2C)n1. The van der Waals surface area contributed by atoms with E-state index in [1.165, 1.54) is 4.68 Å². The summed E-state index contributed by atoms with van der Waals surface area (Å²) in [4.78, 5) is 12.5. The third-order valence-electron chi connectivity index (χ3n) is 4.24. The number of nitrogens with zero attached hydrogens (tertiary/aromatic N) is 2. The quantitative estimate of drug-likeness (QED) is 0.674. The Morgan fingerprint density at radius 2 is 1.79 bits per heavy atom. The van der Waals surface area contributed by atoms with Crippen LogP contribution >= 0.6 is 0 Å². The number of hydrogen-bond acceptors (Lipinski definition) is 5. The first kappa shape index (κ1) is 19.3. The lowest BCUT2D eigenvalue weighted by molar-refractivity contribution is 0.102. The van der Waals surface area contributed by atoms with E-state index in [9.17, 15) is 4.79 Å². The van der Waals surface area contributed by atoms with E-state index in [0.717, 1.165) is 16.8 Å². The summed E-state index contributed by atoms with van der Waals surface area (Å²) in [6.45, 7) is 4.03. The Labute approximate surface area is 163 Å². The zero-order valence-corrected chi connectivity index (χ0v) is 16.4. The average Bonchev–Trinajstić information content (AvgIpc) is 3.18. The highest BCUT2D eigenvalue weighted by Crippen LogP contribution is 2.36. The van der Waals surface area contributed by atoms with E-state index in [1.807, 2.05) is 38.1 Å². The highest BCUT2D eigenvalue weighted by Gasteiger charge is 2.14. The van der Waals surface area contributed by atoms with E-state index in [-0.39, 0.29) is 12.6 Å². The molecule has 0 unspecified atom stereocenters. The number of nitrogens with one attached hydrogen (secondary N) is 1. The monoisotopic (exact) mass is 381 g/mol. The van der Waals surface area contributed by atoms with Crippen molar-refractivity contribution in [1.29, 1.82) is 0 Å². The number of aromatic nitrogens is 2. The van der Waals surface area contributed by atoms with Gasteiger partial charge >= 0.3 is 0 Å². The summed E-state index contributed by atoms with van der Waals surface area (Å²) in [5.41, 5.74) is 3.14. The number of benzene rings is 2. The van der Waals surface area contributed by atoms with Crippen molar-refractivity contribution in [2.45, 2.75) is 20.6 Å². The fraction of sp³-hybridized carbons (Fsp3) is 0.238. The highest BCUT2D eigenvalue weighted by atomic mass is 16.5. The van der Waals surface area contributed by atoms with Crippen LogP contribution in [0.3, 0.4) is 0 Å². The number of rotatable bonds is 7. The van der Waals surface area contributed by atoms with Gasteiger partial charge in [-0.25, -0.2) is 4.68 Å². The fourth-order valence-corrected chi connectivity index (χ4v) is 2.70. The molecule has 7 heteroatoms. The van der Waals surface area contributed by atoms with Gasteiger partial charge in [0.2, 0.25) is 5.75 Å². The fourth-order valence-electron chi connectivity index (χ4n) is 2.70. The van der Waals surface area contributed by atoms with Crippen LogP contribution in [0.15, 0.2) is 48.7 Å². The van der Waals surface area contributed by atoms with Crippen LogP contribution in [-0.2, 0) is 6.73 Å². The van der Waals surface area contributed by atoms with Gasteiger partial charge in [0.25, 0.3) is 5.91 Å². The van der Waals surface area contributed by atoms with E-state index < -0.39 is 0 Å². The molecular formula is C21H23N3O4. The van der Waals surface area contributed by atoms with Crippen molar-refractivity contribution in [3.8, 4) is 17.2 Å². The number of anilines is 1. The lowest BCUT2D eigenvalue weighted by atomic mass is 10.1. The number of aryl methyl sites for hydroxylation is 2. The summed E-state index contributed by atoms with van der Waals surface area (Å²) >= 11 is 0. The first-order chi connectivity index (χ1) is 13.5. The van der Waals surface area contributed by atoms with Gasteiger partial charge in [-0.2, -0.15) is 5.10 Å². The molecule has 2 aromatic carbocycles. The van der Waals surface area contributed by atoms with Gasteiger partial charge in [-0.3, -0.25) is 4.79 Å². The second kappa shape index (κ2) is 8.47. The number of hydrogen-bond donors (Lipinski definition) is 1. The molecule has 0 radical (unpaired) electrons. The van der Waals surface area contributed by atoms with E-state index in [4.69, 9.17) is 14.2 Å². The molecule has 0 fully saturated rings. The van der Waals surface area contributed by atoms with Crippen molar-refractivity contribution in [3.63, 3.8) is 0 Å². The lowest BCUT2D eigenvalue weighted by Gasteiger charge is -2.13. The molecule has 0 spiro atoms. The number of amides is 1. The molecule has 1 N–H and O–H groups in total. The third-order valence-corrected chi connectivity index (χ3v) is 4.24. The number of carbonyl (C=O) groups excluding carboxylic acids is 1. The van der Waals surface area contributed by atoms with E-state index >= 15 is 0 Å². The number of para-hydroxylation sites is 1. The Morgan fingerprint density at radius 3 is 2.46 bits per heavy atom. The van der Waals surface area contributed by atoms with Gasteiger partial charge < -0.3 is 19.5 Å². The first-order valence-electron chi connectivity index (χ1n) is 8.77. The minimum absolute atomic E-state index is 0.105. The molecule has 28 heavy (non-hydrogen) atoms. The number of ether oxygens (including phenoxy) is 3. The number of carbonyl (C=O) groups is 1. The van der Waals surface area contributed by atoms with Gasteiger partial charge in [-0.15, -0.1) is 0 Å². The predicted octanol–water partition coefficient (Wildman–Crippen LogP) is 3.81. The van der Waals surface area contributed by atoms with Crippen molar-refractivity contribution in [2.75, 3.05) is 19.5 Å². The van der Waals surface area contributed by atoms with Crippen LogP contribution in [0.25, 0.3) is 0 Å². The van der Waals surface area contributed by atoms with E-state index in [1.54, 1.807) is 38.6 Å². The summed E-state index contributed by atoms with van der Waals surface area (Å²) in [6.07, 6.45) is 1.68. The molecule has 1 amide bonds. The number of methoxy groups -OCH3 is 2. The molecule has 0 aliphatic rings. The molecule has 1 heterocycles. The van der Waals surface area contributed by atoms with Crippen molar-refractivity contribution in [2.24, 2.45) is 0 Å². The topological polar surface area (TPSA) is 74.6 Å². The molecule has 7 nitrogen and oxygen atoms in total. The van der Waals surface area contributed by atoms with Crippen LogP contribution in [-0.4, -0.2) is 29.9 Å². The third kappa shape index (κ3) is 4.25. The van der Waals surface area contributed by atoms with Gasteiger partial charge in [-0.05, 0) is 49.2 Å². The molecule has 0 aliphatic carbocycles. The van der Waals surface area contributed by atoms with Gasteiger partial charge in [0.15, 0.2) is 23.9 Å². The minimum Gasteiger partial charge on any atom is -0.493 e. The lowest BCUT2D eigenvalue weighted by Crippen LogP contribution is -2.15. The molecule has 1 aromatic heterocycles. The van der Waals surface area contributed by atoms with Crippen LogP contribution in [0.4, 0.5) is 5.69 Å². The molecule has 0 bridgehead atoms. The standard InChI is InChI=1S/C21H23N3O4/c1-14-8-9-15(2)17(12-14)22-21(25)16-10-11-24(23-16)13-28-20-18(26-3)6-5-7-19(20)27-4/h5-12H,13H2,1-4H3,(H,22,25). The Kier molecular flexibility index (Phi) is 5.84. The van der Waals surface area contributed by atoms with Gasteiger partial charge in [0.05, 0.1) is 14.2 Å². The molecule has 0 atom stereocenters.